The fraction of sp³-hybridized carbons (Fsp3) is 0.208. The van der Waals surface area contributed by atoms with Crippen molar-refractivity contribution >= 4 is 63.2 Å². The smallest absolute Gasteiger partial charge is 0.335 e. The molecule has 9 heteroatoms. The van der Waals surface area contributed by atoms with Crippen LogP contribution in [-0.4, -0.2) is 46.8 Å². The monoisotopic (exact) mass is 578 g/mol. The number of amides is 1. The van der Waals surface area contributed by atoms with Crippen molar-refractivity contribution in [2.24, 2.45) is 4.99 Å². The molecule has 1 heterocycles. The number of ether oxygens (including phenoxy) is 2. The molecule has 0 unspecified atom stereocenters. The number of nitrogens with zero attached hydrogens (tertiary/aromatic N) is 2. The first-order valence-corrected chi connectivity index (χ1v) is 12.1. The summed E-state index contributed by atoms with van der Waals surface area (Å²) in [7, 11) is 0. The van der Waals surface area contributed by atoms with E-state index in [1.165, 1.54) is 23.9 Å². The van der Waals surface area contributed by atoms with E-state index >= 15 is 0 Å². The number of rotatable bonds is 9. The number of thioether (sulfide) groups is 1. The summed E-state index contributed by atoms with van der Waals surface area (Å²) in [4.78, 5) is 30.7. The summed E-state index contributed by atoms with van der Waals surface area (Å²) < 4.78 is 12.4. The van der Waals surface area contributed by atoms with Crippen molar-refractivity contribution in [1.82, 2.24) is 4.90 Å². The van der Waals surface area contributed by atoms with Gasteiger partial charge in [0, 0.05) is 6.54 Å². The minimum atomic E-state index is -0.998. The second-order valence-corrected chi connectivity index (χ2v) is 8.94. The molecule has 0 atom stereocenters. The first kappa shape index (κ1) is 24.8. The van der Waals surface area contributed by atoms with Gasteiger partial charge in [-0.15, -0.1) is 0 Å². The maximum atomic E-state index is 13.0. The molecule has 1 saturated heterocycles. The number of benzene rings is 2. The average Bonchev–Trinajstić information content (AvgIpc) is 3.07. The summed E-state index contributed by atoms with van der Waals surface area (Å²) in [6.45, 7) is 8.77. The van der Waals surface area contributed by atoms with Gasteiger partial charge in [-0.2, -0.15) is 0 Å². The molecule has 0 bridgehead atoms. The van der Waals surface area contributed by atoms with Crippen LogP contribution in [0.3, 0.4) is 0 Å². The lowest BCUT2D eigenvalue weighted by atomic mass is 10.2. The molecule has 0 saturated carbocycles. The molecule has 3 rings (SSSR count). The third-order valence-electron chi connectivity index (χ3n) is 4.52. The molecule has 1 N–H and O–H groups in total. The first-order valence-electron chi connectivity index (χ1n) is 10.2. The third kappa shape index (κ3) is 5.97. The SMILES string of the molecule is C=CCOc1c(I)cc(C=C2SC(=Nc3ccc(C(=O)O)cc3)N(CC)C2=O)cc1OCC. The van der Waals surface area contributed by atoms with Gasteiger partial charge in [0.1, 0.15) is 6.61 Å². The number of amidine groups is 1. The number of carbonyl (C=O) groups excluding carboxylic acids is 1. The van der Waals surface area contributed by atoms with E-state index in [0.29, 0.717) is 47.0 Å². The van der Waals surface area contributed by atoms with Crippen LogP contribution in [0.2, 0.25) is 0 Å². The molecule has 1 amide bonds. The van der Waals surface area contributed by atoms with E-state index in [2.05, 4.69) is 34.2 Å². The maximum absolute atomic E-state index is 13.0. The molecule has 0 radical (unpaired) electrons. The van der Waals surface area contributed by atoms with Gasteiger partial charge >= 0.3 is 5.97 Å². The Morgan fingerprint density at radius 1 is 1.24 bits per heavy atom. The van der Waals surface area contributed by atoms with Gasteiger partial charge in [0.2, 0.25) is 0 Å². The number of halogens is 1. The molecular formula is C24H23IN2O5S. The third-order valence-corrected chi connectivity index (χ3v) is 6.33. The lowest BCUT2D eigenvalue weighted by Gasteiger charge is -2.14. The number of carbonyl (C=O) groups is 2. The van der Waals surface area contributed by atoms with Crippen LogP contribution in [0.15, 0.2) is 59.0 Å². The number of likely N-dealkylation sites (N-methyl/N-ethyl adjacent to an activating group) is 1. The molecule has 0 aromatic heterocycles. The van der Waals surface area contributed by atoms with Crippen molar-refractivity contribution in [3.63, 3.8) is 0 Å². The quantitative estimate of drug-likeness (QED) is 0.238. The Morgan fingerprint density at radius 2 is 1.97 bits per heavy atom. The molecular weight excluding hydrogens is 555 g/mol. The summed E-state index contributed by atoms with van der Waals surface area (Å²) in [6, 6.07) is 10.00. The van der Waals surface area contributed by atoms with Crippen LogP contribution in [0.5, 0.6) is 11.5 Å². The maximum Gasteiger partial charge on any atom is 0.335 e. The summed E-state index contributed by atoms with van der Waals surface area (Å²) in [5, 5.41) is 9.60. The zero-order chi connectivity index (χ0) is 24.0. The van der Waals surface area contributed by atoms with E-state index in [-0.39, 0.29) is 11.5 Å². The highest BCUT2D eigenvalue weighted by molar-refractivity contribution is 14.1. The van der Waals surface area contributed by atoms with Crippen LogP contribution in [0, 0.1) is 3.57 Å². The molecule has 0 spiro atoms. The lowest BCUT2D eigenvalue weighted by Crippen LogP contribution is -2.28. The van der Waals surface area contributed by atoms with E-state index in [1.54, 1.807) is 23.1 Å². The fourth-order valence-electron chi connectivity index (χ4n) is 3.03. The Balaban J connectivity index is 1.93. The fourth-order valence-corrected chi connectivity index (χ4v) is 4.87. The Labute approximate surface area is 210 Å². The van der Waals surface area contributed by atoms with Crippen LogP contribution in [0.1, 0.15) is 29.8 Å². The van der Waals surface area contributed by atoms with E-state index in [0.717, 1.165) is 9.13 Å². The van der Waals surface area contributed by atoms with Gasteiger partial charge in [0.05, 0.1) is 26.3 Å². The highest BCUT2D eigenvalue weighted by Crippen LogP contribution is 2.38. The van der Waals surface area contributed by atoms with Gasteiger partial charge < -0.3 is 14.6 Å². The molecule has 172 valence electrons. The van der Waals surface area contributed by atoms with E-state index in [4.69, 9.17) is 14.6 Å². The van der Waals surface area contributed by atoms with Crippen molar-refractivity contribution in [1.29, 1.82) is 0 Å². The van der Waals surface area contributed by atoms with Crippen LogP contribution in [0.4, 0.5) is 5.69 Å². The number of aliphatic imine (C=N–C) groups is 1. The van der Waals surface area contributed by atoms with E-state index < -0.39 is 5.97 Å². The molecule has 33 heavy (non-hydrogen) atoms. The lowest BCUT2D eigenvalue weighted by molar-refractivity contribution is -0.122. The Kier molecular flexibility index (Phi) is 8.56. The van der Waals surface area contributed by atoms with Gasteiger partial charge in [0.15, 0.2) is 16.7 Å². The number of aromatic carboxylic acids is 1. The van der Waals surface area contributed by atoms with E-state index in [1.807, 2.05) is 32.1 Å². The second kappa shape index (κ2) is 11.4. The number of hydrogen-bond donors (Lipinski definition) is 1. The molecule has 2 aromatic rings. The van der Waals surface area contributed by atoms with Crippen LogP contribution < -0.4 is 9.47 Å². The van der Waals surface area contributed by atoms with E-state index in [9.17, 15) is 9.59 Å². The minimum absolute atomic E-state index is 0.136. The van der Waals surface area contributed by atoms with Gasteiger partial charge in [0.25, 0.3) is 5.91 Å². The van der Waals surface area contributed by atoms with Crippen molar-refractivity contribution in [2.75, 3.05) is 19.8 Å². The summed E-state index contributed by atoms with van der Waals surface area (Å²) in [5.41, 5.74) is 1.57. The standard InChI is InChI=1S/C24H23IN2O5S/c1-4-11-32-21-18(25)12-15(13-19(21)31-6-3)14-20-22(28)27(5-2)24(33-20)26-17-9-7-16(8-10-17)23(29)30/h4,7-10,12-14H,1,5-6,11H2,2-3H3,(H,29,30). The van der Waals surface area contributed by atoms with Gasteiger partial charge in [-0.1, -0.05) is 12.7 Å². The molecule has 7 nitrogen and oxygen atoms in total. The van der Waals surface area contributed by atoms with Gasteiger partial charge in [-0.3, -0.25) is 9.69 Å². The molecule has 2 aromatic carbocycles. The second-order valence-electron chi connectivity index (χ2n) is 6.77. The number of hydrogen-bond acceptors (Lipinski definition) is 6. The molecule has 1 fully saturated rings. The van der Waals surface area contributed by atoms with Crippen LogP contribution >= 0.6 is 34.4 Å². The van der Waals surface area contributed by atoms with Crippen molar-refractivity contribution in [3.05, 3.63) is 68.7 Å². The zero-order valence-electron chi connectivity index (χ0n) is 18.2. The normalized spacial score (nSPS) is 15.8. The van der Waals surface area contributed by atoms with Crippen molar-refractivity contribution < 1.29 is 24.2 Å². The van der Waals surface area contributed by atoms with Crippen molar-refractivity contribution in [3.8, 4) is 11.5 Å². The zero-order valence-corrected chi connectivity index (χ0v) is 21.2. The highest BCUT2D eigenvalue weighted by Gasteiger charge is 2.32. The Bertz CT molecular complexity index is 1130. The summed E-state index contributed by atoms with van der Waals surface area (Å²) in [5.74, 6) is 0.116. The largest absolute Gasteiger partial charge is 0.490 e. The summed E-state index contributed by atoms with van der Waals surface area (Å²) in [6.07, 6.45) is 3.48. The van der Waals surface area contributed by atoms with Gasteiger partial charge in [-0.05, 0) is 96.2 Å². The predicted octanol–water partition coefficient (Wildman–Crippen LogP) is 5.58. The molecule has 1 aliphatic rings. The van der Waals surface area contributed by atoms with Crippen LogP contribution in [-0.2, 0) is 4.79 Å². The Hall–Kier alpha value is -2.79. The van der Waals surface area contributed by atoms with Crippen LogP contribution in [0.25, 0.3) is 6.08 Å². The molecule has 0 aliphatic carbocycles. The van der Waals surface area contributed by atoms with Crippen molar-refractivity contribution in [2.45, 2.75) is 13.8 Å². The number of carboxylic acids is 1. The first-order chi connectivity index (χ1) is 15.9. The predicted molar refractivity (Wildman–Crippen MR) is 139 cm³/mol. The Morgan fingerprint density at radius 3 is 2.58 bits per heavy atom. The number of carboxylic acid groups (broad SMARTS) is 1. The summed E-state index contributed by atoms with van der Waals surface area (Å²) >= 11 is 3.46. The topological polar surface area (TPSA) is 88.4 Å². The highest BCUT2D eigenvalue weighted by atomic mass is 127. The average molecular weight is 578 g/mol. The van der Waals surface area contributed by atoms with Gasteiger partial charge in [-0.25, -0.2) is 9.79 Å². The minimum Gasteiger partial charge on any atom is -0.490 e. The molecule has 1 aliphatic heterocycles.